The van der Waals surface area contributed by atoms with Gasteiger partial charge in [-0.15, -0.1) is 11.3 Å². The summed E-state index contributed by atoms with van der Waals surface area (Å²) >= 11 is 7.71. The molecule has 28 heavy (non-hydrogen) atoms. The van der Waals surface area contributed by atoms with Gasteiger partial charge in [0.2, 0.25) is 0 Å². The topological polar surface area (TPSA) is 46.4 Å². The van der Waals surface area contributed by atoms with Gasteiger partial charge >= 0.3 is 0 Å². The molecule has 0 aliphatic carbocycles. The molecule has 2 atom stereocenters. The first-order chi connectivity index (χ1) is 13.7. The number of nitrogens with zero attached hydrogens (tertiary/aromatic N) is 1. The highest BCUT2D eigenvalue weighted by molar-refractivity contribution is 7.18. The highest BCUT2D eigenvalue weighted by Gasteiger charge is 2.28. The third kappa shape index (κ3) is 4.90. The van der Waals surface area contributed by atoms with E-state index < -0.39 is 0 Å². The van der Waals surface area contributed by atoms with Crippen molar-refractivity contribution in [2.24, 2.45) is 0 Å². The Hall–Kier alpha value is -1.95. The smallest absolute Gasteiger partial charge is 0.275 e. The summed E-state index contributed by atoms with van der Waals surface area (Å²) in [7, 11) is 0. The van der Waals surface area contributed by atoms with Crippen LogP contribution in [0.1, 0.15) is 29.3 Å². The zero-order valence-corrected chi connectivity index (χ0v) is 17.4. The summed E-state index contributed by atoms with van der Waals surface area (Å²) in [4.78, 5) is 18.6. The van der Waals surface area contributed by atoms with Crippen LogP contribution >= 0.6 is 22.9 Å². The van der Waals surface area contributed by atoms with E-state index in [9.17, 15) is 4.79 Å². The van der Waals surface area contributed by atoms with Crippen molar-refractivity contribution in [3.63, 3.8) is 0 Å². The molecule has 0 spiro atoms. The molecular formula is C22H25ClN3OS+. The molecule has 2 heterocycles. The molecule has 3 aromatic rings. The number of aromatic nitrogens is 1. The second kappa shape index (κ2) is 9.03. The number of piperidine rings is 1. The van der Waals surface area contributed by atoms with Gasteiger partial charge in [-0.25, -0.2) is 4.98 Å². The quantitative estimate of drug-likeness (QED) is 0.651. The summed E-state index contributed by atoms with van der Waals surface area (Å²) in [6, 6.07) is 16.1. The Kier molecular flexibility index (Phi) is 6.25. The number of rotatable bonds is 6. The number of thiazole rings is 1. The molecule has 0 radical (unpaired) electrons. The maximum absolute atomic E-state index is 12.4. The van der Waals surface area contributed by atoms with E-state index in [1.807, 2.05) is 30.3 Å². The predicted molar refractivity (Wildman–Crippen MR) is 115 cm³/mol. The van der Waals surface area contributed by atoms with Crippen LogP contribution in [0.2, 0.25) is 5.02 Å². The van der Waals surface area contributed by atoms with Gasteiger partial charge in [-0.2, -0.15) is 0 Å². The van der Waals surface area contributed by atoms with Crippen LogP contribution < -0.4 is 10.2 Å². The average Bonchev–Trinajstić information content (AvgIpc) is 3.14. The highest BCUT2D eigenvalue weighted by atomic mass is 35.5. The second-order valence-corrected chi connectivity index (χ2v) is 8.96. The van der Waals surface area contributed by atoms with Crippen molar-refractivity contribution < 1.29 is 9.69 Å². The average molecular weight is 415 g/mol. The molecule has 1 aromatic heterocycles. The minimum Gasteiger partial charge on any atom is -0.351 e. The molecule has 0 bridgehead atoms. The van der Waals surface area contributed by atoms with Crippen molar-refractivity contribution in [3.8, 4) is 0 Å². The van der Waals surface area contributed by atoms with E-state index in [0.29, 0.717) is 19.0 Å². The number of hydrogen-bond acceptors (Lipinski definition) is 3. The first-order valence-electron chi connectivity index (χ1n) is 9.87. The van der Waals surface area contributed by atoms with E-state index in [4.69, 9.17) is 16.6 Å². The fourth-order valence-electron chi connectivity index (χ4n) is 3.87. The first kappa shape index (κ1) is 19.4. The number of nitrogens with one attached hydrogen (secondary N) is 2. The molecule has 1 fully saturated rings. The summed E-state index contributed by atoms with van der Waals surface area (Å²) in [5.41, 5.74) is 2.28. The van der Waals surface area contributed by atoms with E-state index >= 15 is 0 Å². The zero-order valence-electron chi connectivity index (χ0n) is 15.8. The number of para-hydroxylation sites is 1. The normalized spacial score (nSPS) is 19.6. The Bertz CT molecular complexity index is 907. The SMILES string of the molecule is O=C(C[NH+]1CCC[C@@H](c2nc3ccccc3s2)C1)NCCc1ccc(Cl)cc1. The molecule has 0 saturated carbocycles. The van der Waals surface area contributed by atoms with E-state index in [2.05, 4.69) is 23.5 Å². The van der Waals surface area contributed by atoms with Crippen LogP contribution in [-0.2, 0) is 11.2 Å². The van der Waals surface area contributed by atoms with E-state index in [1.165, 1.54) is 26.6 Å². The number of carbonyl (C=O) groups is 1. The van der Waals surface area contributed by atoms with Crippen LogP contribution in [0.5, 0.6) is 0 Å². The number of likely N-dealkylation sites (tertiary alicyclic amines) is 1. The molecule has 146 valence electrons. The lowest BCUT2D eigenvalue weighted by atomic mass is 9.99. The van der Waals surface area contributed by atoms with E-state index in [-0.39, 0.29) is 5.91 Å². The summed E-state index contributed by atoms with van der Waals surface area (Å²) in [5.74, 6) is 0.594. The van der Waals surface area contributed by atoms with Crippen LogP contribution in [0.15, 0.2) is 48.5 Å². The fraction of sp³-hybridized carbons (Fsp3) is 0.364. The summed E-state index contributed by atoms with van der Waals surface area (Å²) in [6.07, 6.45) is 3.14. The van der Waals surface area contributed by atoms with Crippen molar-refractivity contribution >= 4 is 39.1 Å². The molecule has 4 rings (SSSR count). The molecule has 1 aliphatic rings. The van der Waals surface area contributed by atoms with Gasteiger partial charge in [-0.3, -0.25) is 4.79 Å². The molecule has 1 saturated heterocycles. The van der Waals surface area contributed by atoms with Gasteiger partial charge in [0.05, 0.1) is 29.2 Å². The van der Waals surface area contributed by atoms with Crippen LogP contribution in [0.25, 0.3) is 10.2 Å². The molecule has 1 aliphatic heterocycles. The largest absolute Gasteiger partial charge is 0.351 e. The Morgan fingerprint density at radius 3 is 2.86 bits per heavy atom. The van der Waals surface area contributed by atoms with Gasteiger partial charge in [0.1, 0.15) is 5.01 Å². The Labute approximate surface area is 174 Å². The first-order valence-corrected chi connectivity index (χ1v) is 11.1. The summed E-state index contributed by atoms with van der Waals surface area (Å²) in [5, 5.41) is 5.03. The molecule has 1 amide bonds. The summed E-state index contributed by atoms with van der Waals surface area (Å²) in [6.45, 7) is 3.26. The van der Waals surface area contributed by atoms with Crippen molar-refractivity contribution in [2.75, 3.05) is 26.2 Å². The number of benzene rings is 2. The van der Waals surface area contributed by atoms with Crippen LogP contribution in [0, 0.1) is 0 Å². The van der Waals surface area contributed by atoms with Crippen molar-refractivity contribution in [3.05, 3.63) is 64.1 Å². The van der Waals surface area contributed by atoms with Gasteiger partial charge in [0.15, 0.2) is 6.54 Å². The van der Waals surface area contributed by atoms with Crippen LogP contribution in [0.4, 0.5) is 0 Å². The number of halogens is 1. The van der Waals surface area contributed by atoms with Crippen LogP contribution in [0.3, 0.4) is 0 Å². The highest BCUT2D eigenvalue weighted by Crippen LogP contribution is 2.30. The van der Waals surface area contributed by atoms with Crippen molar-refractivity contribution in [1.82, 2.24) is 10.3 Å². The second-order valence-electron chi connectivity index (χ2n) is 7.47. The lowest BCUT2D eigenvalue weighted by molar-refractivity contribution is -0.898. The van der Waals surface area contributed by atoms with Gasteiger partial charge < -0.3 is 10.2 Å². The third-order valence-electron chi connectivity index (χ3n) is 5.34. The number of fused-ring (bicyclic) bond motifs is 1. The third-order valence-corrected chi connectivity index (χ3v) is 6.79. The summed E-state index contributed by atoms with van der Waals surface area (Å²) < 4.78 is 1.25. The monoisotopic (exact) mass is 414 g/mol. The lowest BCUT2D eigenvalue weighted by Gasteiger charge is -2.28. The fourth-order valence-corrected chi connectivity index (χ4v) is 5.10. The van der Waals surface area contributed by atoms with E-state index in [0.717, 1.165) is 36.5 Å². The standard InChI is InChI=1S/C22H24ClN3OS/c23-18-9-7-16(8-10-18)11-12-24-21(27)15-26-13-3-4-17(14-26)22-25-19-5-1-2-6-20(19)28-22/h1-2,5-10,17H,3-4,11-15H2,(H,24,27)/p+1/t17-/m1/s1. The Balaban J connectivity index is 1.27. The number of quaternary nitrogens is 1. The minimum absolute atomic E-state index is 0.133. The molecule has 1 unspecified atom stereocenters. The zero-order chi connectivity index (χ0) is 19.3. The number of hydrogen-bond donors (Lipinski definition) is 2. The molecule has 4 nitrogen and oxygen atoms in total. The lowest BCUT2D eigenvalue weighted by Crippen LogP contribution is -3.14. The van der Waals surface area contributed by atoms with E-state index in [1.54, 1.807) is 11.3 Å². The molecule has 2 N–H and O–H groups in total. The minimum atomic E-state index is 0.133. The van der Waals surface area contributed by atoms with Gasteiger partial charge in [-0.1, -0.05) is 35.9 Å². The molecule has 6 heteroatoms. The maximum atomic E-state index is 12.4. The van der Waals surface area contributed by atoms with Gasteiger partial charge in [0, 0.05) is 11.6 Å². The maximum Gasteiger partial charge on any atom is 0.275 e. The van der Waals surface area contributed by atoms with Gasteiger partial charge in [0.25, 0.3) is 5.91 Å². The van der Waals surface area contributed by atoms with Crippen LogP contribution in [-0.4, -0.2) is 37.1 Å². The van der Waals surface area contributed by atoms with Crippen molar-refractivity contribution in [2.45, 2.75) is 25.2 Å². The number of amides is 1. The number of carbonyl (C=O) groups excluding carboxylic acids is 1. The predicted octanol–water partition coefficient (Wildman–Crippen LogP) is 3.07. The van der Waals surface area contributed by atoms with Crippen molar-refractivity contribution in [1.29, 1.82) is 0 Å². The molecule has 2 aromatic carbocycles. The molecular weight excluding hydrogens is 390 g/mol. The Morgan fingerprint density at radius 1 is 1.21 bits per heavy atom. The van der Waals surface area contributed by atoms with Gasteiger partial charge in [-0.05, 0) is 49.1 Å². The Morgan fingerprint density at radius 2 is 2.04 bits per heavy atom.